The Bertz CT molecular complexity index is 1090. The van der Waals surface area contributed by atoms with Crippen LogP contribution in [0.2, 0.25) is 0 Å². The van der Waals surface area contributed by atoms with Crippen LogP contribution in [0.25, 0.3) is 0 Å². The van der Waals surface area contributed by atoms with Crippen LogP contribution in [0.4, 0.5) is 17.1 Å². The van der Waals surface area contributed by atoms with Gasteiger partial charge in [0.15, 0.2) is 9.84 Å². The summed E-state index contributed by atoms with van der Waals surface area (Å²) < 4.78 is 23.7. The molecule has 0 aliphatic rings. The summed E-state index contributed by atoms with van der Waals surface area (Å²) in [5.74, 6) is -0.241. The molecule has 29 heavy (non-hydrogen) atoms. The Morgan fingerprint density at radius 3 is 2.07 bits per heavy atom. The number of sulfone groups is 1. The highest BCUT2D eigenvalue weighted by Crippen LogP contribution is 2.25. The number of hydrogen-bond acceptors (Lipinski definition) is 4. The number of anilines is 3. The van der Waals surface area contributed by atoms with Crippen LogP contribution in [0.3, 0.4) is 0 Å². The molecule has 0 saturated heterocycles. The standard InChI is InChI=1S/C23H24N2O3S/c1-17(2)25(23(26)18-8-7-11-22(16-18)29(3,27)28)21-14-12-20(13-15-21)24-19-9-5-4-6-10-19/h4-17,24H,1-3H3. The monoisotopic (exact) mass is 408 g/mol. The fraction of sp³-hybridized carbons (Fsp3) is 0.174. The Morgan fingerprint density at radius 1 is 0.862 bits per heavy atom. The minimum absolute atomic E-state index is 0.0997. The van der Waals surface area contributed by atoms with E-state index in [-0.39, 0.29) is 16.8 Å². The Morgan fingerprint density at radius 2 is 1.48 bits per heavy atom. The lowest BCUT2D eigenvalue weighted by molar-refractivity contribution is 0.0980. The van der Waals surface area contributed by atoms with Crippen LogP contribution in [0.1, 0.15) is 24.2 Å². The summed E-state index contributed by atoms with van der Waals surface area (Å²) in [7, 11) is -3.38. The molecule has 3 aromatic rings. The van der Waals surface area contributed by atoms with Crippen LogP contribution in [-0.2, 0) is 9.84 Å². The molecule has 0 aromatic heterocycles. The van der Waals surface area contributed by atoms with Crippen molar-refractivity contribution in [2.24, 2.45) is 0 Å². The largest absolute Gasteiger partial charge is 0.356 e. The van der Waals surface area contributed by atoms with E-state index < -0.39 is 9.84 Å². The van der Waals surface area contributed by atoms with Crippen molar-refractivity contribution in [3.8, 4) is 0 Å². The number of nitrogens with one attached hydrogen (secondary N) is 1. The maximum absolute atomic E-state index is 13.2. The first kappa shape index (κ1) is 20.6. The third-order valence-electron chi connectivity index (χ3n) is 4.45. The van der Waals surface area contributed by atoms with E-state index in [0.717, 1.165) is 23.3 Å². The third kappa shape index (κ3) is 5.03. The summed E-state index contributed by atoms with van der Waals surface area (Å²) in [6, 6.07) is 23.5. The topological polar surface area (TPSA) is 66.5 Å². The van der Waals surface area contributed by atoms with Gasteiger partial charge < -0.3 is 10.2 Å². The summed E-state index contributed by atoms with van der Waals surface area (Å²) in [5.41, 5.74) is 2.98. The second-order valence-corrected chi connectivity index (χ2v) is 9.12. The van der Waals surface area contributed by atoms with Crippen molar-refractivity contribution in [1.29, 1.82) is 0 Å². The fourth-order valence-electron chi connectivity index (χ4n) is 3.04. The zero-order valence-corrected chi connectivity index (χ0v) is 17.5. The van der Waals surface area contributed by atoms with Crippen molar-refractivity contribution in [2.75, 3.05) is 16.5 Å². The number of rotatable bonds is 6. The molecule has 3 rings (SSSR count). The van der Waals surface area contributed by atoms with Gasteiger partial charge in [0.05, 0.1) is 4.90 Å². The Hall–Kier alpha value is -3.12. The minimum Gasteiger partial charge on any atom is -0.356 e. The summed E-state index contributed by atoms with van der Waals surface area (Å²) in [6.07, 6.45) is 1.13. The van der Waals surface area contributed by atoms with Gasteiger partial charge in [0.25, 0.3) is 5.91 Å². The summed E-state index contributed by atoms with van der Waals surface area (Å²) in [6.45, 7) is 3.85. The van der Waals surface area contributed by atoms with Crippen LogP contribution in [0.5, 0.6) is 0 Å². The average Bonchev–Trinajstić information content (AvgIpc) is 2.69. The molecular weight excluding hydrogens is 384 g/mol. The SMILES string of the molecule is CC(C)N(C(=O)c1cccc(S(C)(=O)=O)c1)c1ccc(Nc2ccccc2)cc1. The van der Waals surface area contributed by atoms with Crippen LogP contribution in [0, 0.1) is 0 Å². The van der Waals surface area contributed by atoms with E-state index in [9.17, 15) is 13.2 Å². The van der Waals surface area contributed by atoms with E-state index in [1.165, 1.54) is 12.1 Å². The molecule has 0 spiro atoms. The first-order valence-corrected chi connectivity index (χ1v) is 11.2. The zero-order chi connectivity index (χ0) is 21.0. The van der Waals surface area contributed by atoms with Crippen molar-refractivity contribution >= 4 is 32.8 Å². The minimum atomic E-state index is -3.38. The highest BCUT2D eigenvalue weighted by Gasteiger charge is 2.22. The molecule has 0 radical (unpaired) electrons. The molecule has 1 amide bonds. The van der Waals surface area contributed by atoms with Gasteiger partial charge >= 0.3 is 0 Å². The second kappa shape index (κ2) is 8.49. The van der Waals surface area contributed by atoms with Gasteiger partial charge in [0, 0.05) is 34.9 Å². The van der Waals surface area contributed by atoms with Crippen molar-refractivity contribution in [1.82, 2.24) is 0 Å². The van der Waals surface area contributed by atoms with Crippen molar-refractivity contribution in [2.45, 2.75) is 24.8 Å². The predicted octanol–water partition coefficient (Wildman–Crippen LogP) is 4.89. The smallest absolute Gasteiger partial charge is 0.258 e. The molecular formula is C23H24N2O3S. The number of para-hydroxylation sites is 1. The first-order valence-electron chi connectivity index (χ1n) is 9.31. The molecule has 6 heteroatoms. The zero-order valence-electron chi connectivity index (χ0n) is 16.7. The van der Waals surface area contributed by atoms with Gasteiger partial charge in [-0.3, -0.25) is 4.79 Å². The van der Waals surface area contributed by atoms with E-state index in [4.69, 9.17) is 0 Å². The molecule has 0 saturated carbocycles. The number of benzene rings is 3. The number of carbonyl (C=O) groups excluding carboxylic acids is 1. The number of amides is 1. The van der Waals surface area contributed by atoms with Gasteiger partial charge in [-0.25, -0.2) is 8.42 Å². The van der Waals surface area contributed by atoms with E-state index in [1.807, 2.05) is 68.4 Å². The summed E-state index contributed by atoms with van der Waals surface area (Å²) >= 11 is 0. The van der Waals surface area contributed by atoms with E-state index >= 15 is 0 Å². The summed E-state index contributed by atoms with van der Waals surface area (Å²) in [5, 5.41) is 3.31. The Balaban J connectivity index is 1.87. The van der Waals surface area contributed by atoms with Crippen LogP contribution >= 0.6 is 0 Å². The lowest BCUT2D eigenvalue weighted by atomic mass is 10.1. The van der Waals surface area contributed by atoms with E-state index in [0.29, 0.717) is 5.56 Å². The molecule has 5 nitrogen and oxygen atoms in total. The van der Waals surface area contributed by atoms with Gasteiger partial charge in [-0.1, -0.05) is 24.3 Å². The maximum atomic E-state index is 13.2. The second-order valence-electron chi connectivity index (χ2n) is 7.11. The molecule has 3 aromatic carbocycles. The van der Waals surface area contributed by atoms with Gasteiger partial charge in [-0.15, -0.1) is 0 Å². The number of carbonyl (C=O) groups is 1. The van der Waals surface area contributed by atoms with E-state index in [2.05, 4.69) is 5.32 Å². The van der Waals surface area contributed by atoms with E-state index in [1.54, 1.807) is 17.0 Å². The molecule has 0 aliphatic carbocycles. The number of nitrogens with zero attached hydrogens (tertiary/aromatic N) is 1. The van der Waals surface area contributed by atoms with Crippen LogP contribution in [0.15, 0.2) is 83.8 Å². The molecule has 1 N–H and O–H groups in total. The summed E-state index contributed by atoms with van der Waals surface area (Å²) in [4.78, 5) is 15.0. The molecule has 0 unspecified atom stereocenters. The molecule has 150 valence electrons. The van der Waals surface area contributed by atoms with Crippen molar-refractivity contribution < 1.29 is 13.2 Å². The molecule has 0 atom stereocenters. The van der Waals surface area contributed by atoms with Gasteiger partial charge in [0.1, 0.15) is 0 Å². The molecule has 0 aliphatic heterocycles. The van der Waals surface area contributed by atoms with Crippen LogP contribution < -0.4 is 10.2 Å². The van der Waals surface area contributed by atoms with Gasteiger partial charge in [-0.05, 0) is 68.4 Å². The third-order valence-corrected chi connectivity index (χ3v) is 5.56. The average molecular weight is 409 g/mol. The highest BCUT2D eigenvalue weighted by atomic mass is 32.2. The molecule has 0 bridgehead atoms. The van der Waals surface area contributed by atoms with Crippen molar-refractivity contribution in [3.63, 3.8) is 0 Å². The lowest BCUT2D eigenvalue weighted by Crippen LogP contribution is -2.37. The van der Waals surface area contributed by atoms with Crippen molar-refractivity contribution in [3.05, 3.63) is 84.4 Å². The number of hydrogen-bond donors (Lipinski definition) is 1. The fourth-order valence-corrected chi connectivity index (χ4v) is 3.71. The quantitative estimate of drug-likeness (QED) is 0.631. The Labute approximate surface area is 171 Å². The lowest BCUT2D eigenvalue weighted by Gasteiger charge is -2.27. The molecule has 0 heterocycles. The molecule has 0 fully saturated rings. The normalized spacial score (nSPS) is 11.3. The van der Waals surface area contributed by atoms with Crippen LogP contribution in [-0.4, -0.2) is 26.6 Å². The predicted molar refractivity (Wildman–Crippen MR) is 118 cm³/mol. The van der Waals surface area contributed by atoms with Gasteiger partial charge in [0.2, 0.25) is 0 Å². The van der Waals surface area contributed by atoms with Gasteiger partial charge in [-0.2, -0.15) is 0 Å². The Kier molecular flexibility index (Phi) is 6.03. The maximum Gasteiger partial charge on any atom is 0.258 e. The first-order chi connectivity index (χ1) is 13.8. The highest BCUT2D eigenvalue weighted by molar-refractivity contribution is 7.90.